The molecule has 1 amide bonds. The first-order chi connectivity index (χ1) is 12.8. The number of benzene rings is 1. The van der Waals surface area contributed by atoms with Crippen LogP contribution in [0, 0.1) is 6.92 Å². The number of nitrogens with zero attached hydrogens (tertiary/aromatic N) is 1. The molecule has 140 valence electrons. The number of alkyl halides is 3. The van der Waals surface area contributed by atoms with Crippen LogP contribution in [0.25, 0.3) is 10.2 Å². The van der Waals surface area contributed by atoms with E-state index in [0.29, 0.717) is 27.3 Å². The molecule has 1 aromatic carbocycles. The Morgan fingerprint density at radius 2 is 2.00 bits per heavy atom. The maximum absolute atomic E-state index is 12.8. The minimum absolute atomic E-state index is 0.166. The number of aromatic nitrogens is 1. The van der Waals surface area contributed by atoms with Crippen LogP contribution in [0.2, 0.25) is 0 Å². The number of ether oxygens (including phenoxy) is 2. The first kappa shape index (κ1) is 17.6. The van der Waals surface area contributed by atoms with Gasteiger partial charge < -0.3 is 14.8 Å². The number of amides is 1. The summed E-state index contributed by atoms with van der Waals surface area (Å²) in [6, 6.07) is 7.62. The Morgan fingerprint density at radius 3 is 2.78 bits per heavy atom. The van der Waals surface area contributed by atoms with Gasteiger partial charge in [0.05, 0.1) is 4.88 Å². The van der Waals surface area contributed by atoms with Crippen molar-refractivity contribution in [1.29, 1.82) is 0 Å². The Bertz CT molecular complexity index is 1050. The molecule has 0 bridgehead atoms. The molecular weight excluding hydrogens is 381 g/mol. The van der Waals surface area contributed by atoms with Gasteiger partial charge in [-0.05, 0) is 42.3 Å². The molecule has 4 rings (SSSR count). The number of pyridine rings is 1. The molecule has 0 atom stereocenters. The molecule has 1 N–H and O–H groups in total. The summed E-state index contributed by atoms with van der Waals surface area (Å²) in [5, 5.41) is 3.32. The summed E-state index contributed by atoms with van der Waals surface area (Å²) in [7, 11) is 0. The zero-order chi connectivity index (χ0) is 19.2. The third kappa shape index (κ3) is 3.30. The van der Waals surface area contributed by atoms with E-state index in [-0.39, 0.29) is 24.1 Å². The lowest BCUT2D eigenvalue weighted by molar-refractivity contribution is -0.140. The molecule has 2 aromatic heterocycles. The minimum Gasteiger partial charge on any atom is -0.454 e. The number of fused-ring (bicyclic) bond motifs is 2. The highest BCUT2D eigenvalue weighted by atomic mass is 32.1. The molecule has 3 heterocycles. The van der Waals surface area contributed by atoms with E-state index in [1.54, 1.807) is 19.1 Å². The standard InChI is InChI=1S/C18H13F3N2O3S/c1-9-11-3-5-14(18(19,20)21)23-17(11)27-15(9)16(24)22-7-10-2-4-12-13(6-10)26-8-25-12/h2-6H,7-8H2,1H3,(H,22,24). The lowest BCUT2D eigenvalue weighted by atomic mass is 10.1. The first-order valence-corrected chi connectivity index (χ1v) is 8.78. The van der Waals surface area contributed by atoms with E-state index in [1.165, 1.54) is 6.07 Å². The second kappa shape index (κ2) is 6.41. The Balaban J connectivity index is 1.54. The summed E-state index contributed by atoms with van der Waals surface area (Å²) >= 11 is 0.950. The number of carbonyl (C=O) groups is 1. The largest absolute Gasteiger partial charge is 0.454 e. The quantitative estimate of drug-likeness (QED) is 0.720. The summed E-state index contributed by atoms with van der Waals surface area (Å²) in [4.78, 5) is 16.7. The molecule has 0 spiro atoms. The van der Waals surface area contributed by atoms with Gasteiger partial charge in [-0.25, -0.2) is 4.98 Å². The van der Waals surface area contributed by atoms with Crippen molar-refractivity contribution >= 4 is 27.5 Å². The van der Waals surface area contributed by atoms with E-state index in [4.69, 9.17) is 9.47 Å². The van der Waals surface area contributed by atoms with Gasteiger partial charge in [-0.2, -0.15) is 13.2 Å². The number of halogens is 3. The molecule has 0 saturated heterocycles. The zero-order valence-corrected chi connectivity index (χ0v) is 14.8. The lowest BCUT2D eigenvalue weighted by Crippen LogP contribution is -2.22. The number of nitrogens with one attached hydrogen (secondary N) is 1. The zero-order valence-electron chi connectivity index (χ0n) is 14.0. The number of thiophene rings is 1. The van der Waals surface area contributed by atoms with Crippen molar-refractivity contribution in [1.82, 2.24) is 10.3 Å². The fourth-order valence-corrected chi connectivity index (χ4v) is 3.88. The molecule has 1 aliphatic heterocycles. The number of hydrogen-bond acceptors (Lipinski definition) is 5. The van der Waals surface area contributed by atoms with Crippen LogP contribution in [0.3, 0.4) is 0 Å². The SMILES string of the molecule is Cc1c(C(=O)NCc2ccc3c(c2)OCO3)sc2nc(C(F)(F)F)ccc12. The van der Waals surface area contributed by atoms with Crippen molar-refractivity contribution in [2.75, 3.05) is 6.79 Å². The van der Waals surface area contributed by atoms with E-state index in [1.807, 2.05) is 6.07 Å². The topological polar surface area (TPSA) is 60.5 Å². The number of aryl methyl sites for hydroxylation is 1. The average molecular weight is 394 g/mol. The van der Waals surface area contributed by atoms with Gasteiger partial charge in [-0.15, -0.1) is 11.3 Å². The fourth-order valence-electron chi connectivity index (χ4n) is 2.79. The molecule has 3 aromatic rings. The first-order valence-electron chi connectivity index (χ1n) is 7.97. The van der Waals surface area contributed by atoms with Crippen molar-refractivity contribution < 1.29 is 27.4 Å². The fraction of sp³-hybridized carbons (Fsp3) is 0.222. The Kier molecular flexibility index (Phi) is 4.18. The highest BCUT2D eigenvalue weighted by Crippen LogP contribution is 2.35. The van der Waals surface area contributed by atoms with Gasteiger partial charge >= 0.3 is 6.18 Å². The van der Waals surface area contributed by atoms with Gasteiger partial charge in [0.1, 0.15) is 10.5 Å². The molecule has 0 unspecified atom stereocenters. The third-order valence-electron chi connectivity index (χ3n) is 4.19. The van der Waals surface area contributed by atoms with Gasteiger partial charge in [-0.3, -0.25) is 4.79 Å². The summed E-state index contributed by atoms with van der Waals surface area (Å²) in [6.07, 6.45) is -4.52. The molecule has 0 saturated carbocycles. The van der Waals surface area contributed by atoms with Crippen LogP contribution in [0.4, 0.5) is 13.2 Å². The smallest absolute Gasteiger partial charge is 0.433 e. The second-order valence-corrected chi connectivity index (χ2v) is 6.97. The predicted octanol–water partition coefficient (Wildman–Crippen LogP) is 4.28. The molecule has 1 aliphatic rings. The Labute approximate surface area is 155 Å². The summed E-state index contributed by atoms with van der Waals surface area (Å²) in [5.41, 5.74) is 0.465. The number of carbonyl (C=O) groups excluding carboxylic acids is 1. The van der Waals surface area contributed by atoms with Gasteiger partial charge in [0.25, 0.3) is 5.91 Å². The van der Waals surface area contributed by atoms with Gasteiger partial charge in [0.2, 0.25) is 6.79 Å². The predicted molar refractivity (Wildman–Crippen MR) is 93.1 cm³/mol. The van der Waals surface area contributed by atoms with Gasteiger partial charge in [0, 0.05) is 11.9 Å². The summed E-state index contributed by atoms with van der Waals surface area (Å²) < 4.78 is 49.0. The van der Waals surface area contributed by atoms with Crippen LogP contribution in [0.1, 0.15) is 26.5 Å². The van der Waals surface area contributed by atoms with Crippen LogP contribution in [-0.4, -0.2) is 17.7 Å². The monoisotopic (exact) mass is 394 g/mol. The van der Waals surface area contributed by atoms with Crippen LogP contribution < -0.4 is 14.8 Å². The highest BCUT2D eigenvalue weighted by Gasteiger charge is 2.33. The molecule has 0 fully saturated rings. The molecule has 0 aliphatic carbocycles. The van der Waals surface area contributed by atoms with Crippen molar-refractivity contribution in [3.8, 4) is 11.5 Å². The molecular formula is C18H13F3N2O3S. The van der Waals surface area contributed by atoms with Crippen LogP contribution >= 0.6 is 11.3 Å². The lowest BCUT2D eigenvalue weighted by Gasteiger charge is -2.06. The molecule has 0 radical (unpaired) electrons. The molecule has 5 nitrogen and oxygen atoms in total. The highest BCUT2D eigenvalue weighted by molar-refractivity contribution is 7.20. The molecule has 9 heteroatoms. The van der Waals surface area contributed by atoms with Crippen molar-refractivity contribution in [2.45, 2.75) is 19.6 Å². The molecule has 27 heavy (non-hydrogen) atoms. The third-order valence-corrected chi connectivity index (χ3v) is 5.39. The van der Waals surface area contributed by atoms with Crippen molar-refractivity contribution in [3.63, 3.8) is 0 Å². The van der Waals surface area contributed by atoms with Crippen molar-refractivity contribution in [2.24, 2.45) is 0 Å². The second-order valence-electron chi connectivity index (χ2n) is 5.97. The van der Waals surface area contributed by atoms with Crippen LogP contribution in [0.15, 0.2) is 30.3 Å². The van der Waals surface area contributed by atoms with E-state index in [2.05, 4.69) is 10.3 Å². The average Bonchev–Trinajstić information content (AvgIpc) is 3.22. The van der Waals surface area contributed by atoms with E-state index >= 15 is 0 Å². The van der Waals surface area contributed by atoms with Crippen molar-refractivity contribution in [3.05, 3.63) is 52.0 Å². The Morgan fingerprint density at radius 1 is 1.22 bits per heavy atom. The number of rotatable bonds is 3. The number of hydrogen-bond donors (Lipinski definition) is 1. The van der Waals surface area contributed by atoms with E-state index in [0.717, 1.165) is 23.0 Å². The van der Waals surface area contributed by atoms with Crippen LogP contribution in [0.5, 0.6) is 11.5 Å². The van der Waals surface area contributed by atoms with Gasteiger partial charge in [0.15, 0.2) is 11.5 Å². The normalized spacial score (nSPS) is 13.2. The Hall–Kier alpha value is -2.81. The maximum Gasteiger partial charge on any atom is 0.433 e. The summed E-state index contributed by atoms with van der Waals surface area (Å²) in [5.74, 6) is 0.905. The minimum atomic E-state index is -4.52. The van der Waals surface area contributed by atoms with E-state index < -0.39 is 11.9 Å². The maximum atomic E-state index is 12.8. The van der Waals surface area contributed by atoms with Crippen LogP contribution in [-0.2, 0) is 12.7 Å². The summed E-state index contributed by atoms with van der Waals surface area (Å²) in [6.45, 7) is 2.12. The van der Waals surface area contributed by atoms with Gasteiger partial charge in [-0.1, -0.05) is 6.07 Å². The van der Waals surface area contributed by atoms with E-state index in [9.17, 15) is 18.0 Å².